The van der Waals surface area contributed by atoms with Crippen molar-refractivity contribution in [2.24, 2.45) is 10.8 Å². The van der Waals surface area contributed by atoms with E-state index in [2.05, 4.69) is 10.6 Å². The van der Waals surface area contributed by atoms with Crippen molar-refractivity contribution in [3.8, 4) is 0 Å². The van der Waals surface area contributed by atoms with Crippen LogP contribution in [-0.2, 0) is 49.9 Å². The van der Waals surface area contributed by atoms with Crippen LogP contribution in [-0.4, -0.2) is 74.3 Å². The Morgan fingerprint density at radius 1 is 0.627 bits per heavy atom. The Kier molecular flexibility index (Phi) is 14.1. The van der Waals surface area contributed by atoms with Gasteiger partial charge in [-0.05, 0) is 59.4 Å². The van der Waals surface area contributed by atoms with E-state index in [4.69, 9.17) is 14.2 Å². The number of benzene rings is 4. The van der Waals surface area contributed by atoms with E-state index < -0.39 is 35.0 Å². The lowest BCUT2D eigenvalue weighted by Gasteiger charge is -2.38. The second kappa shape index (κ2) is 19.2. The van der Waals surface area contributed by atoms with E-state index in [1.165, 1.54) is 13.2 Å². The van der Waals surface area contributed by atoms with Gasteiger partial charge in [-0.2, -0.15) is 0 Å². The van der Waals surface area contributed by atoms with Crippen LogP contribution in [0.15, 0.2) is 97.1 Å². The summed E-state index contributed by atoms with van der Waals surface area (Å²) in [4.78, 5) is 76.2. The van der Waals surface area contributed by atoms with Crippen LogP contribution in [0.4, 0.5) is 21.0 Å². The number of nitrogens with one attached hydrogen (secondary N) is 2. The van der Waals surface area contributed by atoms with Gasteiger partial charge in [0.05, 0.1) is 18.2 Å². The largest absolute Gasteiger partial charge is 0.478 e. The van der Waals surface area contributed by atoms with E-state index in [1.54, 1.807) is 34.1 Å². The number of carboxylic acids is 1. The van der Waals surface area contributed by atoms with Gasteiger partial charge in [0, 0.05) is 48.4 Å². The second-order valence-electron chi connectivity index (χ2n) is 15.5. The van der Waals surface area contributed by atoms with Crippen LogP contribution in [0, 0.1) is 10.8 Å². The summed E-state index contributed by atoms with van der Waals surface area (Å²) in [5.74, 6) is -1.67. The summed E-state index contributed by atoms with van der Waals surface area (Å²) in [6.45, 7) is 8.72. The zero-order valence-corrected chi connectivity index (χ0v) is 33.9. The topological polar surface area (TPSA) is 181 Å². The molecule has 14 heteroatoms. The number of fused-ring (bicyclic) bond motifs is 2. The fraction of sp³-hybridized carbons (Fsp3) is 0.333. The highest BCUT2D eigenvalue weighted by Gasteiger charge is 2.40. The number of hydrogen-bond acceptors (Lipinski definition) is 9. The quantitative estimate of drug-likeness (QED) is 0.105. The first-order chi connectivity index (χ1) is 28.1. The predicted octanol–water partition coefficient (Wildman–Crippen LogP) is 6.54. The van der Waals surface area contributed by atoms with Crippen LogP contribution >= 0.6 is 0 Å². The molecule has 4 amide bonds. The lowest BCUT2D eigenvalue weighted by Crippen LogP contribution is -2.49. The van der Waals surface area contributed by atoms with Gasteiger partial charge >= 0.3 is 24.1 Å². The Morgan fingerprint density at radius 3 is 1.44 bits per heavy atom. The molecule has 0 saturated carbocycles. The van der Waals surface area contributed by atoms with E-state index in [0.29, 0.717) is 29.8 Å². The van der Waals surface area contributed by atoms with Crippen molar-refractivity contribution in [3.63, 3.8) is 0 Å². The number of esters is 1. The minimum atomic E-state index is -1.05. The standard InChI is InChI=1S/C23H26N2O5.C22H24N2O5/c1-23(2)14-18-10-9-17(20(26)29-3)13-19(18)25(21(23)27)12-11-24-22(28)30-15-16-7-5-4-6-8-16;1-22(2)13-17-9-8-16(19(25)26)12-18(17)24(20(22)27)11-10-23-21(28)29-14-15-6-4-3-5-7-15/h4-10,13H,11-12,14-15H2,1-3H3,(H,24,28);3-9,12H,10-11,13-14H2,1-2H3,(H,23,28)(H,25,26). The molecule has 2 aliphatic rings. The minimum Gasteiger partial charge on any atom is -0.478 e. The highest BCUT2D eigenvalue weighted by Crippen LogP contribution is 2.39. The fourth-order valence-corrected chi connectivity index (χ4v) is 6.89. The average Bonchev–Trinajstić information content (AvgIpc) is 3.22. The SMILES string of the molecule is CC1(C)Cc2ccc(C(=O)O)cc2N(CCNC(=O)OCc2ccccc2)C1=O.COC(=O)c1ccc2c(c1)N(CCNC(=O)OCc1ccccc1)C(=O)C(C)(C)C2. The first kappa shape index (κ1) is 43.4. The van der Waals surface area contributed by atoms with Gasteiger partial charge in [0.25, 0.3) is 0 Å². The summed E-state index contributed by atoms with van der Waals surface area (Å²) in [7, 11) is 1.32. The average molecular weight is 807 g/mol. The predicted molar refractivity (Wildman–Crippen MR) is 220 cm³/mol. The Hall–Kier alpha value is -6.70. The molecular formula is C45H50N4O10. The Labute approximate surface area is 343 Å². The number of alkyl carbamates (subject to hydrolysis) is 2. The molecule has 4 aromatic rings. The van der Waals surface area contributed by atoms with Crippen molar-refractivity contribution in [3.05, 3.63) is 130 Å². The fourth-order valence-electron chi connectivity index (χ4n) is 6.89. The third-order valence-corrected chi connectivity index (χ3v) is 9.97. The van der Waals surface area contributed by atoms with Gasteiger partial charge in [-0.1, -0.05) is 100 Å². The smallest absolute Gasteiger partial charge is 0.407 e. The van der Waals surface area contributed by atoms with Gasteiger partial charge < -0.3 is 39.8 Å². The molecule has 0 unspecified atom stereocenters. The monoisotopic (exact) mass is 806 g/mol. The first-order valence-corrected chi connectivity index (χ1v) is 19.2. The Balaban J connectivity index is 0.000000224. The molecule has 14 nitrogen and oxygen atoms in total. The lowest BCUT2D eigenvalue weighted by molar-refractivity contribution is -0.127. The molecule has 3 N–H and O–H groups in total. The van der Waals surface area contributed by atoms with Gasteiger partial charge in [0.15, 0.2) is 0 Å². The molecule has 310 valence electrons. The summed E-state index contributed by atoms with van der Waals surface area (Å²) >= 11 is 0. The van der Waals surface area contributed by atoms with Crippen LogP contribution in [0.2, 0.25) is 0 Å². The van der Waals surface area contributed by atoms with E-state index in [-0.39, 0.29) is 56.8 Å². The van der Waals surface area contributed by atoms with E-state index in [9.17, 15) is 33.9 Å². The number of rotatable bonds is 12. The molecule has 0 aromatic heterocycles. The lowest BCUT2D eigenvalue weighted by atomic mass is 9.80. The van der Waals surface area contributed by atoms with Gasteiger partial charge in [0.2, 0.25) is 11.8 Å². The summed E-state index contributed by atoms with van der Waals surface area (Å²) in [6.07, 6.45) is -0.0151. The van der Waals surface area contributed by atoms with Gasteiger partial charge in [-0.25, -0.2) is 19.2 Å². The maximum Gasteiger partial charge on any atom is 0.407 e. The number of carbonyl (C=O) groups excluding carboxylic acids is 5. The molecule has 4 aromatic carbocycles. The van der Waals surface area contributed by atoms with Crippen molar-refractivity contribution in [2.75, 3.05) is 43.1 Å². The number of carbonyl (C=O) groups is 6. The zero-order valence-electron chi connectivity index (χ0n) is 33.9. The number of hydrogen-bond donors (Lipinski definition) is 3. The molecule has 59 heavy (non-hydrogen) atoms. The highest BCUT2D eigenvalue weighted by atomic mass is 16.6. The number of anilines is 2. The van der Waals surface area contributed by atoms with E-state index in [1.807, 2.05) is 94.4 Å². The van der Waals surface area contributed by atoms with Gasteiger partial charge in [0.1, 0.15) is 13.2 Å². The maximum atomic E-state index is 13.0. The third-order valence-electron chi connectivity index (χ3n) is 9.97. The van der Waals surface area contributed by atoms with E-state index in [0.717, 1.165) is 22.3 Å². The van der Waals surface area contributed by atoms with Crippen LogP contribution in [0.5, 0.6) is 0 Å². The summed E-state index contributed by atoms with van der Waals surface area (Å²) in [5, 5.41) is 14.6. The van der Waals surface area contributed by atoms with Gasteiger partial charge in [-0.15, -0.1) is 0 Å². The summed E-state index contributed by atoms with van der Waals surface area (Å²) < 4.78 is 15.2. The van der Waals surface area contributed by atoms with Crippen molar-refractivity contribution < 1.29 is 48.1 Å². The van der Waals surface area contributed by atoms with Gasteiger partial charge in [-0.3, -0.25) is 9.59 Å². The van der Waals surface area contributed by atoms with E-state index >= 15 is 0 Å². The molecule has 0 aliphatic carbocycles. The highest BCUT2D eigenvalue weighted by molar-refractivity contribution is 6.03. The third kappa shape index (κ3) is 11.2. The first-order valence-electron chi connectivity index (χ1n) is 19.2. The summed E-state index contributed by atoms with van der Waals surface area (Å²) in [5.41, 5.74) is 4.22. The Morgan fingerprint density at radius 2 is 1.03 bits per heavy atom. The number of ether oxygens (including phenoxy) is 3. The molecule has 0 radical (unpaired) electrons. The number of aromatic carboxylic acids is 1. The summed E-state index contributed by atoms with van der Waals surface area (Å²) in [6, 6.07) is 28.8. The Bertz CT molecular complexity index is 2170. The van der Waals surface area contributed by atoms with Crippen LogP contribution < -0.4 is 20.4 Å². The maximum absolute atomic E-state index is 13.0. The number of amides is 4. The molecule has 2 aliphatic heterocycles. The molecule has 0 bridgehead atoms. The second-order valence-corrected chi connectivity index (χ2v) is 15.5. The van der Waals surface area contributed by atoms with Crippen LogP contribution in [0.25, 0.3) is 0 Å². The molecule has 0 atom stereocenters. The van der Waals surface area contributed by atoms with Crippen molar-refractivity contribution in [2.45, 2.75) is 53.8 Å². The normalized spacial score (nSPS) is 14.7. The zero-order chi connectivity index (χ0) is 42.7. The molecule has 0 spiro atoms. The van der Waals surface area contributed by atoms with Crippen molar-refractivity contribution in [1.29, 1.82) is 0 Å². The van der Waals surface area contributed by atoms with Crippen molar-refractivity contribution >= 4 is 47.3 Å². The van der Waals surface area contributed by atoms with Crippen LogP contribution in [0.1, 0.15) is 70.7 Å². The van der Waals surface area contributed by atoms with Crippen molar-refractivity contribution in [1.82, 2.24) is 10.6 Å². The number of carboxylic acid groups (broad SMARTS) is 1. The molecule has 0 saturated heterocycles. The minimum absolute atomic E-state index is 0.0588. The number of nitrogens with zero attached hydrogens (tertiary/aromatic N) is 2. The van der Waals surface area contributed by atoms with Crippen LogP contribution in [0.3, 0.4) is 0 Å². The molecule has 0 fully saturated rings. The number of methoxy groups -OCH3 is 1. The molecule has 6 rings (SSSR count). The molecule has 2 heterocycles. The molecular weight excluding hydrogens is 757 g/mol.